The molecule has 0 spiro atoms. The predicted molar refractivity (Wildman–Crippen MR) is 69.2 cm³/mol. The highest BCUT2D eigenvalue weighted by Gasteiger charge is 2.24. The normalized spacial score (nSPS) is 16.8. The molecule has 1 N–H and O–H groups in total. The summed E-state index contributed by atoms with van der Waals surface area (Å²) in [7, 11) is 0. The lowest BCUT2D eigenvalue weighted by molar-refractivity contribution is -0.122. The van der Waals surface area contributed by atoms with Gasteiger partial charge in [0.15, 0.2) is 0 Å². The molecule has 0 unspecified atom stereocenters. The van der Waals surface area contributed by atoms with Crippen LogP contribution in [0.5, 0.6) is 0 Å². The molecule has 1 heterocycles. The summed E-state index contributed by atoms with van der Waals surface area (Å²) in [5, 5.41) is 3.02. The van der Waals surface area contributed by atoms with E-state index in [0.29, 0.717) is 32.0 Å². The highest BCUT2D eigenvalue weighted by Crippen LogP contribution is 2.12. The highest BCUT2D eigenvalue weighted by molar-refractivity contribution is 5.76. The molecule has 5 nitrogen and oxygen atoms in total. The fourth-order valence-electron chi connectivity index (χ4n) is 2.08. The summed E-state index contributed by atoms with van der Waals surface area (Å²) in [6.45, 7) is 7.59. The predicted octanol–water partition coefficient (Wildman–Crippen LogP) is 1.77. The zero-order valence-corrected chi connectivity index (χ0v) is 11.6. The second-order valence-corrected chi connectivity index (χ2v) is 5.13. The summed E-state index contributed by atoms with van der Waals surface area (Å²) in [6.07, 6.45) is 1.94. The second-order valence-electron chi connectivity index (χ2n) is 5.13. The van der Waals surface area contributed by atoms with Crippen molar-refractivity contribution in [2.45, 2.75) is 46.1 Å². The smallest absolute Gasteiger partial charge is 0.409 e. The molecule has 18 heavy (non-hydrogen) atoms. The molecule has 0 bridgehead atoms. The number of likely N-dealkylation sites (tertiary alicyclic amines) is 1. The van der Waals surface area contributed by atoms with Crippen molar-refractivity contribution >= 4 is 12.0 Å². The van der Waals surface area contributed by atoms with Gasteiger partial charge in [-0.2, -0.15) is 0 Å². The van der Waals surface area contributed by atoms with E-state index in [9.17, 15) is 9.59 Å². The molecule has 104 valence electrons. The van der Waals surface area contributed by atoms with E-state index < -0.39 is 0 Å². The van der Waals surface area contributed by atoms with Crippen molar-refractivity contribution in [2.24, 2.45) is 5.92 Å². The minimum Gasteiger partial charge on any atom is -0.450 e. The van der Waals surface area contributed by atoms with Crippen LogP contribution < -0.4 is 5.32 Å². The minimum absolute atomic E-state index is 0.111. The van der Waals surface area contributed by atoms with Crippen LogP contribution in [0.25, 0.3) is 0 Å². The fourth-order valence-corrected chi connectivity index (χ4v) is 2.08. The van der Waals surface area contributed by atoms with Crippen molar-refractivity contribution in [3.8, 4) is 0 Å². The van der Waals surface area contributed by atoms with Crippen LogP contribution in [0, 0.1) is 5.92 Å². The Balaban J connectivity index is 2.27. The van der Waals surface area contributed by atoms with E-state index in [1.54, 1.807) is 11.8 Å². The van der Waals surface area contributed by atoms with Crippen LogP contribution in [0.2, 0.25) is 0 Å². The second kappa shape index (κ2) is 7.24. The number of carbonyl (C=O) groups excluding carboxylic acids is 2. The minimum atomic E-state index is -0.246. The molecule has 1 aliphatic heterocycles. The van der Waals surface area contributed by atoms with Gasteiger partial charge in [-0.1, -0.05) is 13.8 Å². The monoisotopic (exact) mass is 256 g/mol. The average Bonchev–Trinajstić information content (AvgIpc) is 2.29. The third kappa shape index (κ3) is 4.94. The summed E-state index contributed by atoms with van der Waals surface area (Å²) in [4.78, 5) is 24.8. The topological polar surface area (TPSA) is 58.6 Å². The Labute approximate surface area is 109 Å². The molecule has 1 fully saturated rings. The first-order valence-electron chi connectivity index (χ1n) is 6.74. The quantitative estimate of drug-likeness (QED) is 0.834. The van der Waals surface area contributed by atoms with E-state index in [2.05, 4.69) is 5.32 Å². The van der Waals surface area contributed by atoms with E-state index in [-0.39, 0.29) is 18.0 Å². The Morgan fingerprint density at radius 2 is 1.94 bits per heavy atom. The Bertz CT molecular complexity index is 284. The van der Waals surface area contributed by atoms with E-state index in [4.69, 9.17) is 4.74 Å². The lowest BCUT2D eigenvalue weighted by Gasteiger charge is -2.31. The van der Waals surface area contributed by atoms with Crippen LogP contribution in [0.3, 0.4) is 0 Å². The van der Waals surface area contributed by atoms with Gasteiger partial charge < -0.3 is 15.0 Å². The van der Waals surface area contributed by atoms with E-state index in [0.717, 1.165) is 12.8 Å². The van der Waals surface area contributed by atoms with Crippen LogP contribution in [-0.4, -0.2) is 42.6 Å². The molecular formula is C13H24N2O3. The number of carbonyl (C=O) groups is 2. The zero-order chi connectivity index (χ0) is 13.5. The van der Waals surface area contributed by atoms with Crippen molar-refractivity contribution in [3.63, 3.8) is 0 Å². The maximum absolute atomic E-state index is 11.6. The molecule has 1 saturated heterocycles. The van der Waals surface area contributed by atoms with Gasteiger partial charge in [-0.15, -0.1) is 0 Å². The number of ether oxygens (including phenoxy) is 1. The van der Waals surface area contributed by atoms with E-state index in [1.807, 2.05) is 13.8 Å². The fraction of sp³-hybridized carbons (Fsp3) is 0.846. The molecule has 0 aromatic rings. The molecule has 0 saturated carbocycles. The van der Waals surface area contributed by atoms with Crippen LogP contribution in [0.1, 0.15) is 40.0 Å². The number of hydrogen-bond donors (Lipinski definition) is 1. The van der Waals surface area contributed by atoms with Gasteiger partial charge in [-0.05, 0) is 25.7 Å². The molecule has 0 aromatic heterocycles. The van der Waals surface area contributed by atoms with Gasteiger partial charge in [0.25, 0.3) is 0 Å². The molecule has 5 heteroatoms. The van der Waals surface area contributed by atoms with Gasteiger partial charge in [-0.3, -0.25) is 4.79 Å². The Morgan fingerprint density at radius 1 is 1.33 bits per heavy atom. The van der Waals surface area contributed by atoms with E-state index in [1.165, 1.54) is 0 Å². The number of piperidine rings is 1. The van der Waals surface area contributed by atoms with E-state index >= 15 is 0 Å². The maximum Gasteiger partial charge on any atom is 0.409 e. The van der Waals surface area contributed by atoms with Crippen molar-refractivity contribution in [2.75, 3.05) is 19.7 Å². The van der Waals surface area contributed by atoms with Crippen molar-refractivity contribution in [1.82, 2.24) is 10.2 Å². The van der Waals surface area contributed by atoms with Crippen LogP contribution in [0.15, 0.2) is 0 Å². The highest BCUT2D eigenvalue weighted by atomic mass is 16.6. The Hall–Kier alpha value is -1.26. The Kier molecular flexibility index (Phi) is 5.95. The van der Waals surface area contributed by atoms with Crippen LogP contribution >= 0.6 is 0 Å². The number of nitrogens with zero attached hydrogens (tertiary/aromatic N) is 1. The lowest BCUT2D eigenvalue weighted by Crippen LogP contribution is -2.46. The molecule has 1 aliphatic rings. The lowest BCUT2D eigenvalue weighted by atomic mass is 10.0. The molecule has 0 aliphatic carbocycles. The summed E-state index contributed by atoms with van der Waals surface area (Å²) in [6, 6.07) is 0.196. The SMILES string of the molecule is CCOC(=O)N1CCC(NC(=O)CC(C)C)CC1. The first-order valence-corrected chi connectivity index (χ1v) is 6.74. The summed E-state index contributed by atoms with van der Waals surface area (Å²) in [5.41, 5.74) is 0. The molecule has 2 amide bonds. The summed E-state index contributed by atoms with van der Waals surface area (Å²) >= 11 is 0. The first kappa shape index (κ1) is 14.8. The van der Waals surface area contributed by atoms with Crippen LogP contribution in [0.4, 0.5) is 4.79 Å². The number of rotatable bonds is 4. The third-order valence-electron chi connectivity index (χ3n) is 2.98. The van der Waals surface area contributed by atoms with Crippen molar-refractivity contribution in [3.05, 3.63) is 0 Å². The molecular weight excluding hydrogens is 232 g/mol. The maximum atomic E-state index is 11.6. The van der Waals surface area contributed by atoms with Gasteiger partial charge >= 0.3 is 6.09 Å². The van der Waals surface area contributed by atoms with Gasteiger partial charge in [0, 0.05) is 25.6 Å². The first-order chi connectivity index (χ1) is 8.52. The Morgan fingerprint density at radius 3 is 2.44 bits per heavy atom. The number of hydrogen-bond acceptors (Lipinski definition) is 3. The van der Waals surface area contributed by atoms with Crippen molar-refractivity contribution in [1.29, 1.82) is 0 Å². The van der Waals surface area contributed by atoms with Crippen molar-refractivity contribution < 1.29 is 14.3 Å². The van der Waals surface area contributed by atoms with Gasteiger partial charge in [0.1, 0.15) is 0 Å². The summed E-state index contributed by atoms with van der Waals surface area (Å²) in [5.74, 6) is 0.490. The molecule has 0 atom stereocenters. The number of amides is 2. The molecule has 1 rings (SSSR count). The number of nitrogens with one attached hydrogen (secondary N) is 1. The third-order valence-corrected chi connectivity index (χ3v) is 2.98. The summed E-state index contributed by atoms with van der Waals surface area (Å²) < 4.78 is 4.95. The van der Waals surface area contributed by atoms with Gasteiger partial charge in [0.2, 0.25) is 5.91 Å². The molecule has 0 aromatic carbocycles. The van der Waals surface area contributed by atoms with Gasteiger partial charge in [-0.25, -0.2) is 4.79 Å². The standard InChI is InChI=1S/C13H24N2O3/c1-4-18-13(17)15-7-5-11(6-8-15)14-12(16)9-10(2)3/h10-11H,4-9H2,1-3H3,(H,14,16). The van der Waals surface area contributed by atoms with Crippen LogP contribution in [-0.2, 0) is 9.53 Å². The van der Waals surface area contributed by atoms with Gasteiger partial charge in [0.05, 0.1) is 6.61 Å². The average molecular weight is 256 g/mol. The zero-order valence-electron chi connectivity index (χ0n) is 11.6. The molecule has 0 radical (unpaired) electrons. The largest absolute Gasteiger partial charge is 0.450 e.